The second-order valence-corrected chi connectivity index (χ2v) is 8.01. The molecule has 26 heavy (non-hydrogen) atoms. The van der Waals surface area contributed by atoms with E-state index in [1.165, 1.54) is 0 Å². The lowest BCUT2D eigenvalue weighted by atomic mass is 10.1. The van der Waals surface area contributed by atoms with Crippen LogP contribution in [0.1, 0.15) is 12.2 Å². The summed E-state index contributed by atoms with van der Waals surface area (Å²) in [5.74, 6) is 2.23. The van der Waals surface area contributed by atoms with Crippen LogP contribution >= 0.6 is 23.5 Å². The maximum absolute atomic E-state index is 12.3. The van der Waals surface area contributed by atoms with Gasteiger partial charge in [0.15, 0.2) is 0 Å². The first kappa shape index (κ1) is 18.9. The number of hydrogen-bond donors (Lipinski definition) is 1. The Morgan fingerprint density at radius 2 is 2.12 bits per heavy atom. The number of rotatable bonds is 8. The van der Waals surface area contributed by atoms with Gasteiger partial charge in [-0.25, -0.2) is 0 Å². The first-order chi connectivity index (χ1) is 12.7. The number of thioether (sulfide) groups is 2. The van der Waals surface area contributed by atoms with Crippen molar-refractivity contribution in [3.05, 3.63) is 48.4 Å². The molecular formula is C19H22N2O3S2. The van der Waals surface area contributed by atoms with Gasteiger partial charge >= 0.3 is 0 Å². The minimum absolute atomic E-state index is 0.00856. The number of hydrogen-bond acceptors (Lipinski definition) is 5. The van der Waals surface area contributed by atoms with E-state index < -0.39 is 0 Å². The Bertz CT molecular complexity index is 732. The van der Waals surface area contributed by atoms with Gasteiger partial charge in [0.1, 0.15) is 5.76 Å². The standard InChI is InChI=1S/C19H22N2O3S2/c1-25-17-6-4-15(5-7-17)21-12-14(11-18(21)22)19(23)20-8-10-26-13-16-3-2-9-24-16/h2-7,9,14H,8,10-13H2,1H3,(H,20,23). The third kappa shape index (κ3) is 4.86. The number of carbonyl (C=O) groups is 2. The molecule has 1 aliphatic heterocycles. The second-order valence-electron chi connectivity index (χ2n) is 6.03. The fourth-order valence-corrected chi connectivity index (χ4v) is 4.02. The number of furan rings is 1. The highest BCUT2D eigenvalue weighted by Crippen LogP contribution is 2.27. The first-order valence-corrected chi connectivity index (χ1v) is 10.9. The lowest BCUT2D eigenvalue weighted by molar-refractivity contribution is -0.126. The molecule has 1 saturated heterocycles. The molecule has 2 aromatic rings. The van der Waals surface area contributed by atoms with Crippen molar-refractivity contribution < 1.29 is 14.0 Å². The van der Waals surface area contributed by atoms with Crippen molar-refractivity contribution in [2.75, 3.05) is 30.0 Å². The molecule has 1 atom stereocenters. The van der Waals surface area contributed by atoms with Gasteiger partial charge in [0.25, 0.3) is 0 Å². The summed E-state index contributed by atoms with van der Waals surface area (Å²) in [6.45, 7) is 1.04. The third-order valence-corrected chi connectivity index (χ3v) is 5.97. The van der Waals surface area contributed by atoms with Crippen LogP contribution in [0.3, 0.4) is 0 Å². The minimum atomic E-state index is -0.280. The zero-order valence-corrected chi connectivity index (χ0v) is 16.3. The van der Waals surface area contributed by atoms with Crippen LogP contribution in [-0.4, -0.2) is 36.9 Å². The van der Waals surface area contributed by atoms with Crippen molar-refractivity contribution in [1.82, 2.24) is 5.32 Å². The van der Waals surface area contributed by atoms with E-state index >= 15 is 0 Å². The van der Waals surface area contributed by atoms with Crippen molar-refractivity contribution in [3.8, 4) is 0 Å². The highest BCUT2D eigenvalue weighted by molar-refractivity contribution is 7.98. The van der Waals surface area contributed by atoms with E-state index in [1.54, 1.807) is 34.7 Å². The summed E-state index contributed by atoms with van der Waals surface area (Å²) in [4.78, 5) is 27.5. The number of benzene rings is 1. The Labute approximate surface area is 161 Å². The van der Waals surface area contributed by atoms with Crippen LogP contribution in [0.2, 0.25) is 0 Å². The van der Waals surface area contributed by atoms with E-state index in [9.17, 15) is 9.59 Å². The summed E-state index contributed by atoms with van der Waals surface area (Å²) in [5, 5.41) is 2.94. The molecule has 7 heteroatoms. The van der Waals surface area contributed by atoms with E-state index in [4.69, 9.17) is 4.42 Å². The highest BCUT2D eigenvalue weighted by Gasteiger charge is 2.34. The van der Waals surface area contributed by atoms with E-state index in [0.29, 0.717) is 13.1 Å². The van der Waals surface area contributed by atoms with Gasteiger partial charge < -0.3 is 14.6 Å². The summed E-state index contributed by atoms with van der Waals surface area (Å²) in [7, 11) is 0. The smallest absolute Gasteiger partial charge is 0.227 e. The Morgan fingerprint density at radius 1 is 1.31 bits per heavy atom. The number of amides is 2. The summed E-state index contributed by atoms with van der Waals surface area (Å²) >= 11 is 3.37. The zero-order valence-electron chi connectivity index (χ0n) is 14.6. The van der Waals surface area contributed by atoms with E-state index in [2.05, 4.69) is 5.32 Å². The van der Waals surface area contributed by atoms with E-state index in [1.807, 2.05) is 42.7 Å². The van der Waals surface area contributed by atoms with Gasteiger partial charge in [-0.2, -0.15) is 11.8 Å². The predicted molar refractivity (Wildman–Crippen MR) is 107 cm³/mol. The van der Waals surface area contributed by atoms with Crippen molar-refractivity contribution >= 4 is 41.0 Å². The van der Waals surface area contributed by atoms with Gasteiger partial charge in [-0.05, 0) is 42.7 Å². The molecule has 0 spiro atoms. The van der Waals surface area contributed by atoms with Crippen molar-refractivity contribution in [3.63, 3.8) is 0 Å². The summed E-state index contributed by atoms with van der Waals surface area (Å²) in [6.07, 6.45) is 3.95. The molecule has 0 saturated carbocycles. The Balaban J connectivity index is 1.42. The SMILES string of the molecule is CSc1ccc(N2CC(C(=O)NCCSCc3ccco3)CC2=O)cc1. The number of nitrogens with zero attached hydrogens (tertiary/aromatic N) is 1. The lowest BCUT2D eigenvalue weighted by Crippen LogP contribution is -2.34. The maximum Gasteiger partial charge on any atom is 0.227 e. The summed E-state index contributed by atoms with van der Waals surface area (Å²) in [6, 6.07) is 11.7. The highest BCUT2D eigenvalue weighted by atomic mass is 32.2. The summed E-state index contributed by atoms with van der Waals surface area (Å²) in [5.41, 5.74) is 0.858. The van der Waals surface area contributed by atoms with Gasteiger partial charge in [0.05, 0.1) is 17.9 Å². The average molecular weight is 391 g/mol. The van der Waals surface area contributed by atoms with Crippen LogP contribution in [-0.2, 0) is 15.3 Å². The number of carbonyl (C=O) groups excluding carboxylic acids is 2. The number of nitrogens with one attached hydrogen (secondary N) is 1. The predicted octanol–water partition coefficient (Wildman–Crippen LogP) is 3.40. The van der Waals surface area contributed by atoms with E-state index in [0.717, 1.165) is 27.8 Å². The summed E-state index contributed by atoms with van der Waals surface area (Å²) < 4.78 is 5.27. The molecule has 138 valence electrons. The van der Waals surface area contributed by atoms with Crippen LogP contribution in [0, 0.1) is 5.92 Å². The molecule has 2 amide bonds. The van der Waals surface area contributed by atoms with Gasteiger partial charge in [-0.15, -0.1) is 11.8 Å². The lowest BCUT2D eigenvalue weighted by Gasteiger charge is -2.17. The molecule has 1 aliphatic rings. The maximum atomic E-state index is 12.3. The van der Waals surface area contributed by atoms with Crippen molar-refractivity contribution in [2.45, 2.75) is 17.1 Å². The minimum Gasteiger partial charge on any atom is -0.468 e. The molecule has 0 aliphatic carbocycles. The van der Waals surface area contributed by atoms with Crippen LogP contribution in [0.5, 0.6) is 0 Å². The molecular weight excluding hydrogens is 368 g/mol. The largest absolute Gasteiger partial charge is 0.468 e. The van der Waals surface area contributed by atoms with Gasteiger partial charge in [-0.1, -0.05) is 0 Å². The van der Waals surface area contributed by atoms with E-state index in [-0.39, 0.29) is 24.2 Å². The van der Waals surface area contributed by atoms with Crippen molar-refractivity contribution in [1.29, 1.82) is 0 Å². The Kier molecular flexibility index (Phi) is 6.68. The van der Waals surface area contributed by atoms with Crippen LogP contribution < -0.4 is 10.2 Å². The van der Waals surface area contributed by atoms with Crippen LogP contribution in [0.25, 0.3) is 0 Å². The van der Waals surface area contributed by atoms with Gasteiger partial charge in [0, 0.05) is 35.8 Å². The molecule has 1 aromatic carbocycles. The number of anilines is 1. The average Bonchev–Trinajstić information content (AvgIpc) is 3.31. The molecule has 2 heterocycles. The molecule has 1 fully saturated rings. The fourth-order valence-electron chi connectivity index (χ4n) is 2.85. The van der Waals surface area contributed by atoms with Crippen molar-refractivity contribution in [2.24, 2.45) is 5.92 Å². The zero-order chi connectivity index (χ0) is 18.4. The molecule has 5 nitrogen and oxygen atoms in total. The first-order valence-electron chi connectivity index (χ1n) is 8.49. The quantitative estimate of drug-likeness (QED) is 0.553. The van der Waals surface area contributed by atoms with Gasteiger partial charge in [0.2, 0.25) is 11.8 Å². The Hall–Kier alpha value is -1.86. The third-order valence-electron chi connectivity index (χ3n) is 4.25. The molecule has 3 rings (SSSR count). The second kappa shape index (κ2) is 9.19. The molecule has 1 unspecified atom stereocenters. The topological polar surface area (TPSA) is 62.6 Å². The van der Waals surface area contributed by atoms with Crippen LogP contribution in [0.4, 0.5) is 5.69 Å². The molecule has 0 bridgehead atoms. The van der Waals surface area contributed by atoms with Gasteiger partial charge in [-0.3, -0.25) is 9.59 Å². The van der Waals surface area contributed by atoms with Crippen LogP contribution in [0.15, 0.2) is 52.0 Å². The normalized spacial score (nSPS) is 16.9. The fraction of sp³-hybridized carbons (Fsp3) is 0.368. The molecule has 1 N–H and O–H groups in total. The molecule has 0 radical (unpaired) electrons. The monoisotopic (exact) mass is 390 g/mol. The molecule has 1 aromatic heterocycles. The Morgan fingerprint density at radius 3 is 2.81 bits per heavy atom.